The van der Waals surface area contributed by atoms with E-state index in [1.54, 1.807) is 0 Å². The maximum Gasteiger partial charge on any atom is 0.141 e. The number of epoxide rings is 1. The van der Waals surface area contributed by atoms with E-state index < -0.39 is 0 Å². The number of carbonyl (C=O) groups is 1. The Morgan fingerprint density at radius 3 is 2.79 bits per heavy atom. The van der Waals surface area contributed by atoms with Gasteiger partial charge in [-0.1, -0.05) is 6.92 Å². The van der Waals surface area contributed by atoms with Crippen molar-refractivity contribution >= 4 is 5.78 Å². The Bertz CT molecular complexity index is 263. The molecule has 14 heavy (non-hydrogen) atoms. The average Bonchev–Trinajstić information content (AvgIpc) is 3.00. The molecule has 3 aliphatic carbocycles. The van der Waals surface area contributed by atoms with Crippen molar-refractivity contribution in [3.8, 4) is 0 Å². The van der Waals surface area contributed by atoms with Crippen molar-refractivity contribution in [2.45, 2.75) is 57.7 Å². The van der Waals surface area contributed by atoms with E-state index in [1.165, 1.54) is 12.8 Å². The average molecular weight is 194 g/mol. The largest absolute Gasteiger partial charge is 0.368 e. The highest BCUT2D eigenvalue weighted by atomic mass is 16.6. The van der Waals surface area contributed by atoms with Gasteiger partial charge in [-0.3, -0.25) is 4.79 Å². The van der Waals surface area contributed by atoms with Crippen LogP contribution in [0.25, 0.3) is 0 Å². The molecule has 2 heteroatoms. The Kier molecular flexibility index (Phi) is 1.79. The molecule has 78 valence electrons. The molecule has 0 amide bonds. The highest BCUT2D eigenvalue weighted by Crippen LogP contribution is 2.60. The standard InChI is InChI=1S/C12H18O2/c1-2-3-9(13)12-6-4-8(5-7-12)10-11(12)14-10/h8,10-11H,2-7H2,1H3. The van der Waals surface area contributed by atoms with E-state index in [9.17, 15) is 4.79 Å². The molecule has 0 N–H and O–H groups in total. The van der Waals surface area contributed by atoms with E-state index in [-0.39, 0.29) is 5.41 Å². The van der Waals surface area contributed by atoms with Crippen LogP contribution in [0.3, 0.4) is 0 Å². The Morgan fingerprint density at radius 2 is 2.14 bits per heavy atom. The number of fused-ring (bicyclic) bond motifs is 2. The van der Waals surface area contributed by atoms with Gasteiger partial charge >= 0.3 is 0 Å². The van der Waals surface area contributed by atoms with Crippen molar-refractivity contribution in [1.82, 2.24) is 0 Å². The number of carbonyl (C=O) groups excluding carboxylic acids is 1. The van der Waals surface area contributed by atoms with Gasteiger partial charge in [0.1, 0.15) is 5.78 Å². The van der Waals surface area contributed by atoms with Crippen LogP contribution in [-0.4, -0.2) is 18.0 Å². The zero-order valence-corrected chi connectivity index (χ0v) is 8.79. The molecule has 2 atom stereocenters. The van der Waals surface area contributed by atoms with Crippen molar-refractivity contribution in [3.05, 3.63) is 0 Å². The third-order valence-electron chi connectivity index (χ3n) is 4.49. The molecular weight excluding hydrogens is 176 g/mol. The highest BCUT2D eigenvalue weighted by molar-refractivity contribution is 5.86. The predicted octanol–water partition coefficient (Wildman–Crippen LogP) is 2.31. The van der Waals surface area contributed by atoms with Crippen LogP contribution in [0.1, 0.15) is 45.4 Å². The van der Waals surface area contributed by atoms with Gasteiger partial charge in [-0.05, 0) is 38.0 Å². The summed E-state index contributed by atoms with van der Waals surface area (Å²) in [6.07, 6.45) is 7.23. The van der Waals surface area contributed by atoms with E-state index in [4.69, 9.17) is 4.74 Å². The van der Waals surface area contributed by atoms with E-state index in [1.807, 2.05) is 0 Å². The first kappa shape index (κ1) is 8.90. The summed E-state index contributed by atoms with van der Waals surface area (Å²) in [4.78, 5) is 12.1. The maximum atomic E-state index is 12.1. The van der Waals surface area contributed by atoms with Crippen molar-refractivity contribution in [3.63, 3.8) is 0 Å². The number of ether oxygens (including phenoxy) is 1. The van der Waals surface area contributed by atoms with Crippen molar-refractivity contribution in [1.29, 1.82) is 0 Å². The fourth-order valence-electron chi connectivity index (χ4n) is 3.61. The van der Waals surface area contributed by atoms with Gasteiger partial charge in [0.05, 0.1) is 17.6 Å². The van der Waals surface area contributed by atoms with Gasteiger partial charge in [0.2, 0.25) is 0 Å². The SMILES string of the molecule is CCCC(=O)C12CCC(CC1)C1OC12. The first-order chi connectivity index (χ1) is 6.78. The van der Waals surface area contributed by atoms with Crippen molar-refractivity contribution in [2.75, 3.05) is 0 Å². The smallest absolute Gasteiger partial charge is 0.141 e. The number of hydrogen-bond donors (Lipinski definition) is 0. The summed E-state index contributed by atoms with van der Waals surface area (Å²) in [5, 5.41) is 0. The minimum absolute atomic E-state index is 0.0323. The molecule has 1 saturated heterocycles. The summed E-state index contributed by atoms with van der Waals surface area (Å²) in [6, 6.07) is 0. The number of hydrogen-bond acceptors (Lipinski definition) is 2. The van der Waals surface area contributed by atoms with Crippen molar-refractivity contribution in [2.24, 2.45) is 11.3 Å². The molecule has 0 aromatic carbocycles. The van der Waals surface area contributed by atoms with Crippen LogP contribution in [0.2, 0.25) is 0 Å². The van der Waals surface area contributed by atoms with E-state index in [2.05, 4.69) is 6.92 Å². The molecule has 0 aromatic rings. The number of rotatable bonds is 3. The molecule has 0 aromatic heterocycles. The van der Waals surface area contributed by atoms with E-state index in [0.29, 0.717) is 18.0 Å². The van der Waals surface area contributed by atoms with Gasteiger partial charge in [0.25, 0.3) is 0 Å². The Morgan fingerprint density at radius 1 is 1.43 bits per heavy atom. The Hall–Kier alpha value is -0.370. The molecule has 3 saturated carbocycles. The Labute approximate surface area is 85.0 Å². The molecule has 0 radical (unpaired) electrons. The van der Waals surface area contributed by atoms with Gasteiger partial charge < -0.3 is 4.74 Å². The second-order valence-corrected chi connectivity index (χ2v) is 5.19. The molecule has 2 nitrogen and oxygen atoms in total. The first-order valence-corrected chi connectivity index (χ1v) is 5.97. The lowest BCUT2D eigenvalue weighted by atomic mass is 9.58. The summed E-state index contributed by atoms with van der Waals surface area (Å²) < 4.78 is 5.71. The molecule has 2 bridgehead atoms. The fourth-order valence-corrected chi connectivity index (χ4v) is 3.61. The van der Waals surface area contributed by atoms with E-state index >= 15 is 0 Å². The van der Waals surface area contributed by atoms with Gasteiger partial charge in [-0.15, -0.1) is 0 Å². The number of Topliss-reactive ketones (excluding diaryl/α,β-unsaturated/α-hetero) is 1. The lowest BCUT2D eigenvalue weighted by Crippen LogP contribution is -2.46. The van der Waals surface area contributed by atoms with Crippen LogP contribution in [-0.2, 0) is 9.53 Å². The minimum Gasteiger partial charge on any atom is -0.368 e. The van der Waals surface area contributed by atoms with E-state index in [0.717, 1.165) is 31.6 Å². The minimum atomic E-state index is -0.0323. The first-order valence-electron chi connectivity index (χ1n) is 5.97. The van der Waals surface area contributed by atoms with Gasteiger partial charge in [0.15, 0.2) is 0 Å². The molecule has 4 rings (SSSR count). The third-order valence-corrected chi connectivity index (χ3v) is 4.49. The lowest BCUT2D eigenvalue weighted by Gasteiger charge is -2.42. The Balaban J connectivity index is 1.84. The molecule has 1 heterocycles. The third kappa shape index (κ3) is 0.979. The van der Waals surface area contributed by atoms with Crippen molar-refractivity contribution < 1.29 is 9.53 Å². The quantitative estimate of drug-likeness (QED) is 0.645. The molecule has 2 unspecified atom stereocenters. The number of ketones is 1. The molecule has 4 aliphatic rings. The van der Waals surface area contributed by atoms with Crippen LogP contribution in [0.4, 0.5) is 0 Å². The molecular formula is C12H18O2. The summed E-state index contributed by atoms with van der Waals surface area (Å²) in [7, 11) is 0. The maximum absolute atomic E-state index is 12.1. The van der Waals surface area contributed by atoms with Crippen LogP contribution < -0.4 is 0 Å². The zero-order valence-electron chi connectivity index (χ0n) is 8.79. The van der Waals surface area contributed by atoms with Crippen LogP contribution in [0, 0.1) is 11.3 Å². The summed E-state index contributed by atoms with van der Waals surface area (Å²) in [6.45, 7) is 2.09. The second kappa shape index (κ2) is 2.82. The van der Waals surface area contributed by atoms with Crippen LogP contribution >= 0.6 is 0 Å². The van der Waals surface area contributed by atoms with Gasteiger partial charge in [-0.2, -0.15) is 0 Å². The second-order valence-electron chi connectivity index (χ2n) is 5.19. The predicted molar refractivity (Wildman–Crippen MR) is 53.0 cm³/mol. The molecule has 0 spiro atoms. The van der Waals surface area contributed by atoms with Gasteiger partial charge in [-0.25, -0.2) is 0 Å². The summed E-state index contributed by atoms with van der Waals surface area (Å²) in [5.74, 6) is 1.28. The fraction of sp³-hybridized carbons (Fsp3) is 0.917. The molecule has 1 aliphatic heterocycles. The van der Waals surface area contributed by atoms with Gasteiger partial charge in [0, 0.05) is 6.42 Å². The monoisotopic (exact) mass is 194 g/mol. The molecule has 4 fully saturated rings. The highest BCUT2D eigenvalue weighted by Gasteiger charge is 2.66. The van der Waals surface area contributed by atoms with Crippen LogP contribution in [0.5, 0.6) is 0 Å². The lowest BCUT2D eigenvalue weighted by molar-refractivity contribution is -0.133. The summed E-state index contributed by atoms with van der Waals surface area (Å²) >= 11 is 0. The topological polar surface area (TPSA) is 29.6 Å². The van der Waals surface area contributed by atoms with Crippen LogP contribution in [0.15, 0.2) is 0 Å². The summed E-state index contributed by atoms with van der Waals surface area (Å²) in [5.41, 5.74) is -0.0323. The zero-order chi connectivity index (χ0) is 9.76. The normalized spacial score (nSPS) is 48.8.